The number of fused-ring (bicyclic) bond motifs is 1. The van der Waals surface area contributed by atoms with Gasteiger partial charge in [0.05, 0.1) is 23.1 Å². The van der Waals surface area contributed by atoms with E-state index in [2.05, 4.69) is 21.2 Å². The quantitative estimate of drug-likeness (QED) is 0.651. The molecule has 1 heterocycles. The van der Waals surface area contributed by atoms with Gasteiger partial charge in [0.2, 0.25) is 0 Å². The number of carbonyl (C=O) groups excluding carboxylic acids is 1. The number of amides is 1. The topological polar surface area (TPSA) is 83.8 Å². The number of primary amides is 1. The molecule has 0 saturated carbocycles. The lowest BCUT2D eigenvalue weighted by Gasteiger charge is -2.14. The molecule has 23 heavy (non-hydrogen) atoms. The molecule has 0 saturated heterocycles. The maximum Gasteiger partial charge on any atom is 0.251 e. The highest BCUT2D eigenvalue weighted by Gasteiger charge is 2.19. The first-order valence-electron chi connectivity index (χ1n) is 6.81. The number of hydrogen-bond acceptors (Lipinski definition) is 3. The minimum absolute atomic E-state index is 0.00587. The van der Waals surface area contributed by atoms with E-state index in [1.807, 2.05) is 6.92 Å². The van der Waals surface area contributed by atoms with Gasteiger partial charge in [0.25, 0.3) is 5.91 Å². The molecule has 1 amide bonds. The van der Waals surface area contributed by atoms with Crippen molar-refractivity contribution >= 4 is 28.3 Å². The summed E-state index contributed by atoms with van der Waals surface area (Å²) >= 11 is 0. The molecule has 3 aromatic rings. The lowest BCUT2D eigenvalue weighted by molar-refractivity contribution is 0.100. The molecule has 2 aromatic carbocycles. The first kappa shape index (κ1) is 14.6. The van der Waals surface area contributed by atoms with Crippen molar-refractivity contribution in [3.8, 4) is 12.3 Å². The van der Waals surface area contributed by atoms with Crippen molar-refractivity contribution < 1.29 is 9.18 Å². The Hall–Kier alpha value is -3.33. The molecule has 0 aliphatic rings. The molecule has 5 nitrogen and oxygen atoms in total. The van der Waals surface area contributed by atoms with Gasteiger partial charge in [-0.3, -0.25) is 4.79 Å². The summed E-state index contributed by atoms with van der Waals surface area (Å²) in [7, 11) is 0. The molecule has 4 N–H and O–H groups in total. The van der Waals surface area contributed by atoms with Gasteiger partial charge in [-0.25, -0.2) is 9.37 Å². The van der Waals surface area contributed by atoms with Gasteiger partial charge in [0, 0.05) is 11.3 Å². The van der Waals surface area contributed by atoms with Crippen LogP contribution in [0.2, 0.25) is 0 Å². The van der Waals surface area contributed by atoms with Crippen LogP contribution in [0, 0.1) is 25.1 Å². The molecule has 114 valence electrons. The van der Waals surface area contributed by atoms with Crippen LogP contribution in [0.1, 0.15) is 21.5 Å². The Labute approximate surface area is 131 Å². The van der Waals surface area contributed by atoms with Crippen molar-refractivity contribution in [3.63, 3.8) is 0 Å². The number of nitrogens with one attached hydrogen (secondary N) is 2. The second-order valence-corrected chi connectivity index (χ2v) is 5.08. The fraction of sp³-hybridized carbons (Fsp3) is 0.0588. The molecule has 0 radical (unpaired) electrons. The summed E-state index contributed by atoms with van der Waals surface area (Å²) in [6, 6.07) is 6.71. The van der Waals surface area contributed by atoms with Crippen molar-refractivity contribution in [1.82, 2.24) is 9.97 Å². The Bertz CT molecular complexity index is 969. The van der Waals surface area contributed by atoms with Crippen LogP contribution in [-0.2, 0) is 0 Å². The lowest BCUT2D eigenvalue weighted by atomic mass is 10.1. The Morgan fingerprint density at radius 1 is 1.43 bits per heavy atom. The number of halogens is 1. The number of anilines is 2. The van der Waals surface area contributed by atoms with E-state index in [9.17, 15) is 9.18 Å². The number of aryl methyl sites for hydroxylation is 1. The van der Waals surface area contributed by atoms with Gasteiger partial charge in [-0.05, 0) is 36.8 Å². The lowest BCUT2D eigenvalue weighted by Crippen LogP contribution is -2.15. The van der Waals surface area contributed by atoms with Gasteiger partial charge in [0.1, 0.15) is 5.52 Å². The second kappa shape index (κ2) is 5.46. The largest absolute Gasteiger partial charge is 0.366 e. The normalized spacial score (nSPS) is 10.5. The smallest absolute Gasteiger partial charge is 0.251 e. The highest BCUT2D eigenvalue weighted by Crippen LogP contribution is 2.30. The number of H-pyrrole nitrogens is 1. The van der Waals surface area contributed by atoms with Crippen molar-refractivity contribution in [1.29, 1.82) is 0 Å². The molecule has 3 rings (SSSR count). The average molecular weight is 308 g/mol. The van der Waals surface area contributed by atoms with E-state index >= 15 is 0 Å². The summed E-state index contributed by atoms with van der Waals surface area (Å²) in [6.45, 7) is 1.83. The van der Waals surface area contributed by atoms with E-state index in [1.54, 1.807) is 18.2 Å². The van der Waals surface area contributed by atoms with Crippen LogP contribution >= 0.6 is 0 Å². The van der Waals surface area contributed by atoms with Gasteiger partial charge in [0.15, 0.2) is 5.82 Å². The standard InChI is InChI=1S/C17H13FN4O/c1-3-10-4-5-12(9(2)6-10)22-15-11(17(19)23)7-13-16(14(15)18)21-8-20-13/h1,4-8,22H,2H3,(H2,19,23)(H,20,21). The summed E-state index contributed by atoms with van der Waals surface area (Å²) in [4.78, 5) is 18.4. The third-order valence-electron chi connectivity index (χ3n) is 3.57. The highest BCUT2D eigenvalue weighted by atomic mass is 19.1. The number of rotatable bonds is 3. The van der Waals surface area contributed by atoms with Gasteiger partial charge in [-0.15, -0.1) is 6.42 Å². The SMILES string of the molecule is C#Cc1ccc(Nc2c(C(N)=O)cc3[nH]cnc3c2F)c(C)c1. The van der Waals surface area contributed by atoms with E-state index in [4.69, 9.17) is 12.2 Å². The maximum atomic E-state index is 14.7. The van der Waals surface area contributed by atoms with Crippen LogP contribution in [0.4, 0.5) is 15.8 Å². The third kappa shape index (κ3) is 2.49. The van der Waals surface area contributed by atoms with E-state index in [-0.39, 0.29) is 16.8 Å². The zero-order valence-electron chi connectivity index (χ0n) is 12.3. The molecule has 6 heteroatoms. The van der Waals surface area contributed by atoms with Crippen molar-refractivity contribution in [2.24, 2.45) is 5.73 Å². The Morgan fingerprint density at radius 3 is 2.87 bits per heavy atom. The van der Waals surface area contributed by atoms with Crippen LogP contribution in [0.5, 0.6) is 0 Å². The van der Waals surface area contributed by atoms with Crippen molar-refractivity contribution in [2.45, 2.75) is 6.92 Å². The van der Waals surface area contributed by atoms with E-state index in [0.717, 1.165) is 5.56 Å². The molecular weight excluding hydrogens is 295 g/mol. The second-order valence-electron chi connectivity index (χ2n) is 5.08. The van der Waals surface area contributed by atoms with Crippen LogP contribution in [0.25, 0.3) is 11.0 Å². The Balaban J connectivity index is 2.15. The Kier molecular flexibility index (Phi) is 3.47. The summed E-state index contributed by atoms with van der Waals surface area (Å²) in [5.74, 6) is 1.15. The zero-order chi connectivity index (χ0) is 16.6. The molecule has 1 aromatic heterocycles. The molecular formula is C17H13FN4O. The van der Waals surface area contributed by atoms with E-state index < -0.39 is 11.7 Å². The van der Waals surface area contributed by atoms with Gasteiger partial charge >= 0.3 is 0 Å². The maximum absolute atomic E-state index is 14.7. The summed E-state index contributed by atoms with van der Waals surface area (Å²) in [5.41, 5.74) is 8.10. The number of imidazole rings is 1. The first-order chi connectivity index (χ1) is 11.0. The average Bonchev–Trinajstić information content (AvgIpc) is 3.00. The van der Waals surface area contributed by atoms with Crippen molar-refractivity contribution in [3.05, 3.63) is 53.1 Å². The van der Waals surface area contributed by atoms with Gasteiger partial charge in [-0.1, -0.05) is 5.92 Å². The van der Waals surface area contributed by atoms with Gasteiger partial charge in [-0.2, -0.15) is 0 Å². The number of nitrogens with zero attached hydrogens (tertiary/aromatic N) is 1. The zero-order valence-corrected chi connectivity index (χ0v) is 12.3. The predicted molar refractivity (Wildman–Crippen MR) is 87.0 cm³/mol. The molecule has 0 spiro atoms. The predicted octanol–water partition coefficient (Wildman–Crippen LogP) is 2.83. The van der Waals surface area contributed by atoms with E-state index in [1.165, 1.54) is 12.4 Å². The summed E-state index contributed by atoms with van der Waals surface area (Å²) < 4.78 is 14.7. The van der Waals surface area contributed by atoms with Crippen LogP contribution in [0.3, 0.4) is 0 Å². The van der Waals surface area contributed by atoms with Crippen LogP contribution in [0.15, 0.2) is 30.6 Å². The Morgan fingerprint density at radius 2 is 2.22 bits per heavy atom. The number of aromatic nitrogens is 2. The first-order valence-corrected chi connectivity index (χ1v) is 6.81. The minimum atomic E-state index is -0.735. The molecule has 0 fully saturated rings. The van der Waals surface area contributed by atoms with Gasteiger partial charge < -0.3 is 16.0 Å². The number of hydrogen-bond donors (Lipinski definition) is 3. The number of nitrogens with two attached hydrogens (primary N) is 1. The third-order valence-corrected chi connectivity index (χ3v) is 3.57. The molecule has 0 aliphatic carbocycles. The fourth-order valence-electron chi connectivity index (χ4n) is 2.39. The van der Waals surface area contributed by atoms with E-state index in [0.29, 0.717) is 16.8 Å². The number of carbonyl (C=O) groups is 1. The molecule has 0 unspecified atom stereocenters. The molecule has 0 atom stereocenters. The number of terminal acetylenes is 1. The minimum Gasteiger partial charge on any atom is -0.366 e. The fourth-order valence-corrected chi connectivity index (χ4v) is 2.39. The van der Waals surface area contributed by atoms with Crippen LogP contribution < -0.4 is 11.1 Å². The van der Waals surface area contributed by atoms with Crippen molar-refractivity contribution in [2.75, 3.05) is 5.32 Å². The molecule has 0 bridgehead atoms. The highest BCUT2D eigenvalue weighted by molar-refractivity contribution is 6.03. The van der Waals surface area contributed by atoms with Crippen LogP contribution in [-0.4, -0.2) is 15.9 Å². The summed E-state index contributed by atoms with van der Waals surface area (Å²) in [5, 5.41) is 2.93. The monoisotopic (exact) mass is 308 g/mol. The number of aromatic amines is 1. The molecule has 0 aliphatic heterocycles. The number of benzene rings is 2. The summed E-state index contributed by atoms with van der Waals surface area (Å²) in [6.07, 6.45) is 6.71.